The van der Waals surface area contributed by atoms with E-state index >= 15 is 0 Å². The fourth-order valence-electron chi connectivity index (χ4n) is 2.63. The van der Waals surface area contributed by atoms with Gasteiger partial charge in [0.1, 0.15) is 0 Å². The SMILES string of the molecule is Nc1ccc(C2CCc3ccccc32)cc1. The maximum absolute atomic E-state index is 5.72. The Kier molecular flexibility index (Phi) is 2.17. The van der Waals surface area contributed by atoms with Gasteiger partial charge in [0.25, 0.3) is 0 Å². The molecule has 0 aliphatic heterocycles. The highest BCUT2D eigenvalue weighted by Gasteiger charge is 2.22. The van der Waals surface area contributed by atoms with E-state index in [1.807, 2.05) is 12.1 Å². The van der Waals surface area contributed by atoms with E-state index in [1.165, 1.54) is 29.5 Å². The molecule has 0 amide bonds. The first-order valence-electron chi connectivity index (χ1n) is 5.78. The van der Waals surface area contributed by atoms with E-state index < -0.39 is 0 Å². The molecule has 0 saturated carbocycles. The third kappa shape index (κ3) is 1.49. The highest BCUT2D eigenvalue weighted by molar-refractivity contribution is 5.46. The zero-order valence-corrected chi connectivity index (χ0v) is 9.19. The molecular weight excluding hydrogens is 194 g/mol. The molecule has 2 N–H and O–H groups in total. The summed E-state index contributed by atoms with van der Waals surface area (Å²) in [5.41, 5.74) is 10.9. The van der Waals surface area contributed by atoms with Crippen LogP contribution in [0.3, 0.4) is 0 Å². The van der Waals surface area contributed by atoms with Crippen molar-refractivity contribution < 1.29 is 0 Å². The van der Waals surface area contributed by atoms with Gasteiger partial charge in [-0.1, -0.05) is 36.4 Å². The van der Waals surface area contributed by atoms with Crippen molar-refractivity contribution >= 4 is 5.69 Å². The number of rotatable bonds is 1. The minimum atomic E-state index is 0.566. The molecule has 0 spiro atoms. The number of fused-ring (bicyclic) bond motifs is 1. The van der Waals surface area contributed by atoms with Crippen LogP contribution in [0.4, 0.5) is 5.69 Å². The quantitative estimate of drug-likeness (QED) is 0.716. The second-order valence-electron chi connectivity index (χ2n) is 4.46. The van der Waals surface area contributed by atoms with Crippen molar-refractivity contribution in [3.05, 3.63) is 65.2 Å². The normalized spacial score (nSPS) is 18.4. The molecule has 0 heterocycles. The van der Waals surface area contributed by atoms with Gasteiger partial charge in [-0.3, -0.25) is 0 Å². The summed E-state index contributed by atoms with van der Waals surface area (Å²) in [5.74, 6) is 0.566. The molecule has 3 rings (SSSR count). The van der Waals surface area contributed by atoms with Gasteiger partial charge in [0.05, 0.1) is 0 Å². The molecule has 0 bridgehead atoms. The molecule has 0 fully saturated rings. The van der Waals surface area contributed by atoms with Crippen molar-refractivity contribution in [1.82, 2.24) is 0 Å². The second kappa shape index (κ2) is 3.67. The largest absolute Gasteiger partial charge is 0.399 e. The number of hydrogen-bond donors (Lipinski definition) is 1. The Morgan fingerprint density at radius 1 is 0.938 bits per heavy atom. The number of hydrogen-bond acceptors (Lipinski definition) is 1. The Labute approximate surface area is 95.9 Å². The first-order valence-corrected chi connectivity index (χ1v) is 5.78. The molecule has 1 aliphatic carbocycles. The third-order valence-corrected chi connectivity index (χ3v) is 3.47. The number of aryl methyl sites for hydroxylation is 1. The highest BCUT2D eigenvalue weighted by atomic mass is 14.5. The average Bonchev–Trinajstić information content (AvgIpc) is 2.74. The Balaban J connectivity index is 2.01. The van der Waals surface area contributed by atoms with E-state index in [4.69, 9.17) is 5.73 Å². The van der Waals surface area contributed by atoms with Gasteiger partial charge in [-0.2, -0.15) is 0 Å². The van der Waals surface area contributed by atoms with Crippen molar-refractivity contribution in [2.45, 2.75) is 18.8 Å². The topological polar surface area (TPSA) is 26.0 Å². The van der Waals surface area contributed by atoms with E-state index in [0.29, 0.717) is 5.92 Å². The molecule has 1 unspecified atom stereocenters. The van der Waals surface area contributed by atoms with Crippen LogP contribution in [0.1, 0.15) is 29.0 Å². The van der Waals surface area contributed by atoms with E-state index in [9.17, 15) is 0 Å². The smallest absolute Gasteiger partial charge is 0.0314 e. The number of anilines is 1. The minimum Gasteiger partial charge on any atom is -0.399 e. The van der Waals surface area contributed by atoms with Crippen LogP contribution in [0.15, 0.2) is 48.5 Å². The molecule has 1 heteroatoms. The number of nitrogen functional groups attached to an aromatic ring is 1. The summed E-state index contributed by atoms with van der Waals surface area (Å²) in [5, 5.41) is 0. The standard InChI is InChI=1S/C15H15N/c16-13-8-5-12(6-9-13)15-10-7-11-3-1-2-4-14(11)15/h1-6,8-9,15H,7,10,16H2. The van der Waals surface area contributed by atoms with E-state index in [0.717, 1.165) is 5.69 Å². The Bertz CT molecular complexity index is 499. The van der Waals surface area contributed by atoms with Gasteiger partial charge in [0.2, 0.25) is 0 Å². The Morgan fingerprint density at radius 2 is 1.69 bits per heavy atom. The summed E-state index contributed by atoms with van der Waals surface area (Å²) < 4.78 is 0. The van der Waals surface area contributed by atoms with Crippen LogP contribution >= 0.6 is 0 Å². The highest BCUT2D eigenvalue weighted by Crippen LogP contribution is 2.37. The molecule has 16 heavy (non-hydrogen) atoms. The van der Waals surface area contributed by atoms with Gasteiger partial charge in [-0.15, -0.1) is 0 Å². The van der Waals surface area contributed by atoms with Crippen molar-refractivity contribution in [3.63, 3.8) is 0 Å². The van der Waals surface area contributed by atoms with Crippen LogP contribution in [0.25, 0.3) is 0 Å². The monoisotopic (exact) mass is 209 g/mol. The molecule has 1 nitrogen and oxygen atoms in total. The molecular formula is C15H15N. The van der Waals surface area contributed by atoms with Crippen LogP contribution in [0.2, 0.25) is 0 Å². The lowest BCUT2D eigenvalue weighted by molar-refractivity contribution is 0.788. The minimum absolute atomic E-state index is 0.566. The van der Waals surface area contributed by atoms with Gasteiger partial charge in [-0.05, 0) is 41.7 Å². The lowest BCUT2D eigenvalue weighted by Crippen LogP contribution is -1.96. The van der Waals surface area contributed by atoms with Gasteiger partial charge in [0, 0.05) is 11.6 Å². The summed E-state index contributed by atoms with van der Waals surface area (Å²) in [4.78, 5) is 0. The van der Waals surface area contributed by atoms with E-state index in [1.54, 1.807) is 0 Å². The van der Waals surface area contributed by atoms with Crippen LogP contribution in [0, 0.1) is 0 Å². The average molecular weight is 209 g/mol. The molecule has 0 saturated heterocycles. The summed E-state index contributed by atoms with van der Waals surface area (Å²) in [6.07, 6.45) is 2.43. The molecule has 80 valence electrons. The molecule has 1 aliphatic rings. The lowest BCUT2D eigenvalue weighted by Gasteiger charge is -2.12. The van der Waals surface area contributed by atoms with Gasteiger partial charge in [-0.25, -0.2) is 0 Å². The predicted molar refractivity (Wildman–Crippen MR) is 67.5 cm³/mol. The fraction of sp³-hybridized carbons (Fsp3) is 0.200. The summed E-state index contributed by atoms with van der Waals surface area (Å²) in [6, 6.07) is 17.1. The lowest BCUT2D eigenvalue weighted by atomic mass is 9.93. The van der Waals surface area contributed by atoms with E-state index in [2.05, 4.69) is 36.4 Å². The van der Waals surface area contributed by atoms with Crippen molar-refractivity contribution in [3.8, 4) is 0 Å². The van der Waals surface area contributed by atoms with Crippen molar-refractivity contribution in [2.75, 3.05) is 5.73 Å². The first kappa shape index (κ1) is 9.46. The maximum atomic E-state index is 5.72. The molecule has 0 radical (unpaired) electrons. The summed E-state index contributed by atoms with van der Waals surface area (Å²) in [7, 11) is 0. The maximum Gasteiger partial charge on any atom is 0.0314 e. The van der Waals surface area contributed by atoms with E-state index in [-0.39, 0.29) is 0 Å². The number of benzene rings is 2. The summed E-state index contributed by atoms with van der Waals surface area (Å²) >= 11 is 0. The Hall–Kier alpha value is -1.76. The molecule has 0 aromatic heterocycles. The zero-order chi connectivity index (χ0) is 11.0. The molecule has 2 aromatic rings. The first-order chi connectivity index (χ1) is 7.84. The predicted octanol–water partition coefficient (Wildman–Crippen LogP) is 3.35. The van der Waals surface area contributed by atoms with Crippen molar-refractivity contribution in [2.24, 2.45) is 0 Å². The zero-order valence-electron chi connectivity index (χ0n) is 9.19. The second-order valence-corrected chi connectivity index (χ2v) is 4.46. The molecule has 1 atom stereocenters. The van der Waals surface area contributed by atoms with Crippen LogP contribution < -0.4 is 5.73 Å². The van der Waals surface area contributed by atoms with Gasteiger partial charge in [0.15, 0.2) is 0 Å². The fourth-order valence-corrected chi connectivity index (χ4v) is 2.63. The van der Waals surface area contributed by atoms with Gasteiger partial charge >= 0.3 is 0 Å². The summed E-state index contributed by atoms with van der Waals surface area (Å²) in [6.45, 7) is 0. The Morgan fingerprint density at radius 3 is 2.50 bits per heavy atom. The van der Waals surface area contributed by atoms with Crippen LogP contribution in [-0.2, 0) is 6.42 Å². The third-order valence-electron chi connectivity index (χ3n) is 3.47. The van der Waals surface area contributed by atoms with Crippen LogP contribution in [0.5, 0.6) is 0 Å². The molecule has 2 aromatic carbocycles. The van der Waals surface area contributed by atoms with Crippen molar-refractivity contribution in [1.29, 1.82) is 0 Å². The van der Waals surface area contributed by atoms with Gasteiger partial charge < -0.3 is 5.73 Å². The van der Waals surface area contributed by atoms with Crippen LogP contribution in [-0.4, -0.2) is 0 Å². The number of nitrogens with two attached hydrogens (primary N) is 1.